The van der Waals surface area contributed by atoms with Crippen molar-refractivity contribution in [3.8, 4) is 0 Å². The number of amides is 1. The Morgan fingerprint density at radius 3 is 2.90 bits per heavy atom. The molecule has 1 heterocycles. The highest BCUT2D eigenvalue weighted by Crippen LogP contribution is 2.34. The molecule has 0 bridgehead atoms. The Labute approximate surface area is 71.5 Å². The number of rotatable bonds is 1. The highest BCUT2D eigenvalue weighted by Gasteiger charge is 2.18. The maximum atomic E-state index is 10.9. The van der Waals surface area contributed by atoms with Gasteiger partial charge in [-0.1, -0.05) is 15.9 Å². The number of carbonyl (C=O) groups excluding carboxylic acids is 1. The zero-order chi connectivity index (χ0) is 7.56. The summed E-state index contributed by atoms with van der Waals surface area (Å²) in [6.45, 7) is 0. The maximum Gasteiger partial charge on any atom is 0.272 e. The number of nitrogens with one attached hydrogen (secondary N) is 1. The predicted octanol–water partition coefficient (Wildman–Crippen LogP) is 0.720. The predicted molar refractivity (Wildman–Crippen MR) is 45.4 cm³/mol. The van der Waals surface area contributed by atoms with Gasteiger partial charge in [0.25, 0.3) is 5.91 Å². The molecule has 0 aromatic carbocycles. The molecule has 0 unspecified atom stereocenters. The van der Waals surface area contributed by atoms with Crippen LogP contribution in [-0.2, 0) is 4.79 Å². The largest absolute Gasteiger partial charge is 0.290 e. The summed E-state index contributed by atoms with van der Waals surface area (Å²) in [6, 6.07) is 0. The number of hydrogen-bond donors (Lipinski definition) is 2. The minimum Gasteiger partial charge on any atom is -0.290 e. The molecule has 0 atom stereocenters. The van der Waals surface area contributed by atoms with Crippen molar-refractivity contribution in [2.75, 3.05) is 5.75 Å². The molecule has 5 heteroatoms. The van der Waals surface area contributed by atoms with Crippen LogP contribution in [0.4, 0.5) is 0 Å². The first-order valence-corrected chi connectivity index (χ1v) is 4.56. The molecule has 0 fully saturated rings. The molecule has 56 valence electrons. The SMILES string of the molecule is NNC(=O)C1=C(Br)CCS1. The minimum atomic E-state index is -0.200. The van der Waals surface area contributed by atoms with Crippen LogP contribution in [0.3, 0.4) is 0 Å². The summed E-state index contributed by atoms with van der Waals surface area (Å²) in [4.78, 5) is 11.6. The lowest BCUT2D eigenvalue weighted by molar-refractivity contribution is -0.116. The summed E-state index contributed by atoms with van der Waals surface area (Å²) in [7, 11) is 0. The van der Waals surface area contributed by atoms with E-state index in [1.807, 2.05) is 0 Å². The van der Waals surface area contributed by atoms with Crippen LogP contribution in [0.15, 0.2) is 9.39 Å². The normalized spacial score (nSPS) is 17.8. The first kappa shape index (κ1) is 8.10. The first-order chi connectivity index (χ1) is 4.75. The molecule has 0 aromatic heterocycles. The Hall–Kier alpha value is -0.000000000000000111. The Kier molecular flexibility index (Phi) is 2.76. The zero-order valence-corrected chi connectivity index (χ0v) is 7.59. The minimum absolute atomic E-state index is 0.200. The highest BCUT2D eigenvalue weighted by molar-refractivity contribution is 9.11. The van der Waals surface area contributed by atoms with Crippen LogP contribution >= 0.6 is 27.7 Å². The maximum absolute atomic E-state index is 10.9. The first-order valence-electron chi connectivity index (χ1n) is 2.78. The molecule has 1 aliphatic heterocycles. The summed E-state index contributed by atoms with van der Waals surface area (Å²) in [5, 5.41) is 0. The Bertz CT molecular complexity index is 192. The molecular weight excluding hydrogens is 216 g/mol. The van der Waals surface area contributed by atoms with E-state index in [1.165, 1.54) is 11.8 Å². The molecule has 0 radical (unpaired) electrons. The van der Waals surface area contributed by atoms with E-state index in [0.29, 0.717) is 4.91 Å². The Morgan fingerprint density at radius 1 is 1.80 bits per heavy atom. The van der Waals surface area contributed by atoms with Gasteiger partial charge in [0, 0.05) is 10.2 Å². The lowest BCUT2D eigenvalue weighted by atomic mass is 10.4. The van der Waals surface area contributed by atoms with E-state index >= 15 is 0 Å². The topological polar surface area (TPSA) is 55.1 Å². The zero-order valence-electron chi connectivity index (χ0n) is 5.19. The van der Waals surface area contributed by atoms with Gasteiger partial charge in [-0.05, 0) is 6.42 Å². The molecule has 1 aliphatic rings. The van der Waals surface area contributed by atoms with Crippen molar-refractivity contribution in [1.82, 2.24) is 5.43 Å². The molecule has 0 spiro atoms. The highest BCUT2D eigenvalue weighted by atomic mass is 79.9. The summed E-state index contributed by atoms with van der Waals surface area (Å²) in [6.07, 6.45) is 0.924. The van der Waals surface area contributed by atoms with E-state index < -0.39 is 0 Å². The van der Waals surface area contributed by atoms with Gasteiger partial charge < -0.3 is 0 Å². The van der Waals surface area contributed by atoms with Crippen molar-refractivity contribution in [1.29, 1.82) is 0 Å². The molecule has 1 amide bonds. The Morgan fingerprint density at radius 2 is 2.50 bits per heavy atom. The summed E-state index contributed by atoms with van der Waals surface area (Å²) in [5.41, 5.74) is 2.09. The number of hydrazine groups is 1. The molecule has 10 heavy (non-hydrogen) atoms. The molecule has 0 saturated carbocycles. The van der Waals surface area contributed by atoms with Gasteiger partial charge in [0.15, 0.2) is 0 Å². The third-order valence-corrected chi connectivity index (χ3v) is 3.34. The fraction of sp³-hybridized carbons (Fsp3) is 0.400. The van der Waals surface area contributed by atoms with E-state index in [-0.39, 0.29) is 5.91 Å². The van der Waals surface area contributed by atoms with Gasteiger partial charge in [-0.15, -0.1) is 11.8 Å². The van der Waals surface area contributed by atoms with Crippen LogP contribution in [0.2, 0.25) is 0 Å². The van der Waals surface area contributed by atoms with Crippen molar-refractivity contribution >= 4 is 33.6 Å². The second kappa shape index (κ2) is 3.41. The van der Waals surface area contributed by atoms with E-state index in [0.717, 1.165) is 16.7 Å². The number of allylic oxidation sites excluding steroid dienone is 1. The number of nitrogens with two attached hydrogens (primary N) is 1. The van der Waals surface area contributed by atoms with E-state index in [2.05, 4.69) is 21.4 Å². The number of halogens is 1. The monoisotopic (exact) mass is 222 g/mol. The number of carbonyl (C=O) groups is 1. The smallest absolute Gasteiger partial charge is 0.272 e. The summed E-state index contributed by atoms with van der Waals surface area (Å²) >= 11 is 4.81. The van der Waals surface area contributed by atoms with Gasteiger partial charge in [-0.3, -0.25) is 10.2 Å². The van der Waals surface area contributed by atoms with Crippen LogP contribution in [0.25, 0.3) is 0 Å². The lowest BCUT2D eigenvalue weighted by Crippen LogP contribution is -2.30. The van der Waals surface area contributed by atoms with Crippen molar-refractivity contribution in [3.05, 3.63) is 9.39 Å². The van der Waals surface area contributed by atoms with E-state index in [9.17, 15) is 4.79 Å². The van der Waals surface area contributed by atoms with Gasteiger partial charge in [0.2, 0.25) is 0 Å². The second-order valence-corrected chi connectivity index (χ2v) is 3.87. The van der Waals surface area contributed by atoms with Crippen LogP contribution in [0.1, 0.15) is 6.42 Å². The van der Waals surface area contributed by atoms with Crippen molar-refractivity contribution in [3.63, 3.8) is 0 Å². The molecule has 3 nitrogen and oxygen atoms in total. The second-order valence-electron chi connectivity index (χ2n) is 1.81. The van der Waals surface area contributed by atoms with Crippen molar-refractivity contribution in [2.45, 2.75) is 6.42 Å². The van der Waals surface area contributed by atoms with Crippen molar-refractivity contribution < 1.29 is 4.79 Å². The van der Waals surface area contributed by atoms with Crippen molar-refractivity contribution in [2.24, 2.45) is 5.84 Å². The van der Waals surface area contributed by atoms with Gasteiger partial charge in [0.05, 0.1) is 4.91 Å². The quantitative estimate of drug-likeness (QED) is 0.391. The van der Waals surface area contributed by atoms with E-state index in [1.54, 1.807) is 0 Å². The molecule has 1 rings (SSSR count). The fourth-order valence-corrected chi connectivity index (χ4v) is 2.63. The average Bonchev–Trinajstić information content (AvgIpc) is 2.34. The molecular formula is C5H7BrN2OS. The third-order valence-electron chi connectivity index (χ3n) is 1.15. The molecule has 0 aliphatic carbocycles. The Balaban J connectivity index is 2.71. The molecule has 3 N–H and O–H groups in total. The van der Waals surface area contributed by atoms with Gasteiger partial charge in [-0.25, -0.2) is 5.84 Å². The molecule has 0 aromatic rings. The number of thioether (sulfide) groups is 1. The lowest BCUT2D eigenvalue weighted by Gasteiger charge is -1.97. The van der Waals surface area contributed by atoms with Gasteiger partial charge in [0.1, 0.15) is 0 Å². The van der Waals surface area contributed by atoms with Crippen LogP contribution in [0, 0.1) is 0 Å². The summed E-state index contributed by atoms with van der Waals surface area (Å²) < 4.78 is 0.959. The van der Waals surface area contributed by atoms with E-state index in [4.69, 9.17) is 5.84 Å². The fourth-order valence-electron chi connectivity index (χ4n) is 0.689. The van der Waals surface area contributed by atoms with Gasteiger partial charge >= 0.3 is 0 Å². The van der Waals surface area contributed by atoms with Crippen LogP contribution in [0.5, 0.6) is 0 Å². The third kappa shape index (κ3) is 1.53. The summed E-state index contributed by atoms with van der Waals surface area (Å²) in [5.74, 6) is 5.71. The van der Waals surface area contributed by atoms with Gasteiger partial charge in [-0.2, -0.15) is 0 Å². The number of hydrogen-bond acceptors (Lipinski definition) is 3. The standard InChI is InChI=1S/C5H7BrN2OS/c6-3-1-2-10-4(3)5(9)8-7/h1-2,7H2,(H,8,9). The molecule has 0 saturated heterocycles. The van der Waals surface area contributed by atoms with Crippen LogP contribution in [-0.4, -0.2) is 11.7 Å². The average molecular weight is 223 g/mol. The van der Waals surface area contributed by atoms with Crippen LogP contribution < -0.4 is 11.3 Å².